The fourth-order valence-corrected chi connectivity index (χ4v) is 1.15. The molecule has 0 aromatic carbocycles. The van der Waals surface area contributed by atoms with Gasteiger partial charge in [0.15, 0.2) is 5.82 Å². The highest BCUT2D eigenvalue weighted by molar-refractivity contribution is 7.92. The molecular weight excluding hydrogens is 204 g/mol. The maximum absolute atomic E-state index is 11.8. The van der Waals surface area contributed by atoms with E-state index in [-0.39, 0.29) is 5.82 Å². The molecule has 0 saturated carbocycles. The van der Waals surface area contributed by atoms with Crippen LogP contribution in [0.5, 0.6) is 0 Å². The van der Waals surface area contributed by atoms with Crippen LogP contribution in [0.4, 0.5) is 14.6 Å². The van der Waals surface area contributed by atoms with Gasteiger partial charge in [0.25, 0.3) is 10.0 Å². The van der Waals surface area contributed by atoms with E-state index in [1.165, 1.54) is 6.07 Å². The fourth-order valence-electron chi connectivity index (χ4n) is 0.661. The van der Waals surface area contributed by atoms with Gasteiger partial charge in [-0.1, -0.05) is 0 Å². The van der Waals surface area contributed by atoms with Crippen LogP contribution in [0.2, 0.25) is 0 Å². The van der Waals surface area contributed by atoms with Crippen LogP contribution in [0.3, 0.4) is 0 Å². The second-order valence-corrected chi connectivity index (χ2v) is 3.99. The van der Waals surface area contributed by atoms with E-state index in [0.717, 1.165) is 0 Å². The lowest BCUT2D eigenvalue weighted by Crippen LogP contribution is -2.20. The summed E-state index contributed by atoms with van der Waals surface area (Å²) in [7, 11) is -4.60. The smallest absolute Gasteiger partial charge is 0.281 e. The van der Waals surface area contributed by atoms with Gasteiger partial charge in [0.05, 0.1) is 0 Å². The van der Waals surface area contributed by atoms with Crippen LogP contribution < -0.4 is 4.72 Å². The highest BCUT2D eigenvalue weighted by Gasteiger charge is 2.24. The van der Waals surface area contributed by atoms with E-state index >= 15 is 0 Å². The van der Waals surface area contributed by atoms with Crippen LogP contribution >= 0.6 is 0 Å². The number of nitrogens with one attached hydrogen (secondary N) is 2. The Balaban J connectivity index is 2.81. The van der Waals surface area contributed by atoms with Gasteiger partial charge < -0.3 is 0 Å². The number of alkyl halides is 2. The SMILES string of the molecule is Cc1cc(NS(=O)(=O)C(F)F)n[nH]1. The lowest BCUT2D eigenvalue weighted by atomic mass is 10.5. The van der Waals surface area contributed by atoms with Crippen molar-refractivity contribution in [3.63, 3.8) is 0 Å². The predicted octanol–water partition coefficient (Wildman–Crippen LogP) is 0.682. The topological polar surface area (TPSA) is 74.8 Å². The average molecular weight is 211 g/mol. The second kappa shape index (κ2) is 3.29. The number of aryl methyl sites for hydroxylation is 1. The molecule has 13 heavy (non-hydrogen) atoms. The molecule has 0 radical (unpaired) electrons. The number of aromatic amines is 1. The van der Waals surface area contributed by atoms with Crippen LogP contribution in [0.25, 0.3) is 0 Å². The summed E-state index contributed by atoms with van der Waals surface area (Å²) >= 11 is 0. The van der Waals surface area contributed by atoms with Gasteiger partial charge in [-0.15, -0.1) is 0 Å². The number of halogens is 2. The van der Waals surface area contributed by atoms with Crippen molar-refractivity contribution in [2.45, 2.75) is 12.7 Å². The minimum atomic E-state index is -4.60. The number of nitrogens with zero attached hydrogens (tertiary/aromatic N) is 1. The molecular formula is C5H7F2N3O2S. The summed E-state index contributed by atoms with van der Waals surface area (Å²) in [6.45, 7) is 1.62. The first-order valence-corrected chi connectivity index (χ1v) is 4.78. The maximum Gasteiger partial charge on any atom is 0.355 e. The number of sulfonamides is 1. The summed E-state index contributed by atoms with van der Waals surface area (Å²) in [5.41, 5.74) is 0.576. The minimum Gasteiger partial charge on any atom is -0.281 e. The zero-order valence-corrected chi connectivity index (χ0v) is 7.40. The number of rotatable bonds is 3. The Labute approximate surface area is 73.2 Å². The van der Waals surface area contributed by atoms with E-state index in [9.17, 15) is 17.2 Å². The molecule has 5 nitrogen and oxygen atoms in total. The summed E-state index contributed by atoms with van der Waals surface area (Å²) in [6, 6.07) is 1.31. The van der Waals surface area contributed by atoms with E-state index in [0.29, 0.717) is 5.69 Å². The molecule has 74 valence electrons. The van der Waals surface area contributed by atoms with Crippen LogP contribution in [-0.4, -0.2) is 24.4 Å². The maximum atomic E-state index is 11.8. The first-order valence-electron chi connectivity index (χ1n) is 3.23. The van der Waals surface area contributed by atoms with Gasteiger partial charge in [-0.05, 0) is 6.92 Å². The molecule has 1 rings (SSSR count). The van der Waals surface area contributed by atoms with Crippen LogP contribution in [0, 0.1) is 6.92 Å². The Morgan fingerprint density at radius 3 is 2.62 bits per heavy atom. The lowest BCUT2D eigenvalue weighted by molar-refractivity contribution is 0.236. The van der Waals surface area contributed by atoms with Gasteiger partial charge in [0.2, 0.25) is 0 Å². The van der Waals surface area contributed by atoms with Gasteiger partial charge in [-0.3, -0.25) is 9.82 Å². The van der Waals surface area contributed by atoms with Gasteiger partial charge in [-0.25, -0.2) is 8.42 Å². The van der Waals surface area contributed by atoms with Gasteiger partial charge in [-0.2, -0.15) is 13.9 Å². The molecule has 0 aliphatic carbocycles. The second-order valence-electron chi connectivity index (χ2n) is 2.34. The number of hydrogen-bond acceptors (Lipinski definition) is 3. The van der Waals surface area contributed by atoms with Gasteiger partial charge >= 0.3 is 5.76 Å². The van der Waals surface area contributed by atoms with Crippen molar-refractivity contribution < 1.29 is 17.2 Å². The zero-order chi connectivity index (χ0) is 10.1. The molecule has 0 aliphatic rings. The number of hydrogen-bond donors (Lipinski definition) is 2. The number of anilines is 1. The fraction of sp³-hybridized carbons (Fsp3) is 0.400. The molecule has 0 bridgehead atoms. The molecule has 0 amide bonds. The normalized spacial score (nSPS) is 12.0. The van der Waals surface area contributed by atoms with Crippen molar-refractivity contribution in [2.75, 3.05) is 4.72 Å². The lowest BCUT2D eigenvalue weighted by Gasteiger charge is -2.01. The number of H-pyrrole nitrogens is 1. The molecule has 0 spiro atoms. The summed E-state index contributed by atoms with van der Waals surface area (Å²) in [5.74, 6) is -3.60. The summed E-state index contributed by atoms with van der Waals surface area (Å²) in [4.78, 5) is 0. The van der Waals surface area contributed by atoms with E-state index in [4.69, 9.17) is 0 Å². The summed E-state index contributed by atoms with van der Waals surface area (Å²) in [6.07, 6.45) is 0. The Morgan fingerprint density at radius 2 is 2.23 bits per heavy atom. The van der Waals surface area contributed by atoms with Crippen molar-refractivity contribution in [1.29, 1.82) is 0 Å². The Hall–Kier alpha value is -1.18. The van der Waals surface area contributed by atoms with E-state index in [1.807, 2.05) is 0 Å². The van der Waals surface area contributed by atoms with Crippen molar-refractivity contribution in [2.24, 2.45) is 0 Å². The first-order chi connectivity index (χ1) is 5.92. The third kappa shape index (κ3) is 2.38. The third-order valence-corrected chi connectivity index (χ3v) is 2.15. The van der Waals surface area contributed by atoms with Crippen LogP contribution in [0.15, 0.2) is 6.07 Å². The molecule has 8 heteroatoms. The predicted molar refractivity (Wildman–Crippen MR) is 41.9 cm³/mol. The molecule has 0 fully saturated rings. The van der Waals surface area contributed by atoms with Crippen LogP contribution in [0.1, 0.15) is 5.69 Å². The van der Waals surface area contributed by atoms with Crippen LogP contribution in [-0.2, 0) is 10.0 Å². The van der Waals surface area contributed by atoms with Crippen molar-refractivity contribution >= 4 is 15.8 Å². The third-order valence-electron chi connectivity index (χ3n) is 1.19. The van der Waals surface area contributed by atoms with Crippen molar-refractivity contribution in [3.05, 3.63) is 11.8 Å². The van der Waals surface area contributed by atoms with E-state index < -0.39 is 15.8 Å². The highest BCUT2D eigenvalue weighted by Crippen LogP contribution is 2.11. The minimum absolute atomic E-state index is 0.141. The summed E-state index contributed by atoms with van der Waals surface area (Å²) in [5, 5.41) is 5.84. The molecule has 1 heterocycles. The zero-order valence-electron chi connectivity index (χ0n) is 6.58. The molecule has 0 atom stereocenters. The van der Waals surface area contributed by atoms with Crippen molar-refractivity contribution in [3.8, 4) is 0 Å². The largest absolute Gasteiger partial charge is 0.355 e. The summed E-state index contributed by atoms with van der Waals surface area (Å²) < 4.78 is 46.4. The average Bonchev–Trinajstić information content (AvgIpc) is 2.34. The standard InChI is InChI=1S/C5H7F2N3O2S/c1-3-2-4(9-8-3)10-13(11,12)5(6)7/h2,5H,1H3,(H2,8,9,10). The quantitative estimate of drug-likeness (QED) is 0.772. The Kier molecular flexibility index (Phi) is 2.50. The Bertz CT molecular complexity index is 386. The molecule has 1 aromatic rings. The molecule has 0 unspecified atom stereocenters. The first kappa shape index (κ1) is 9.90. The molecule has 2 N–H and O–H groups in total. The highest BCUT2D eigenvalue weighted by atomic mass is 32.2. The van der Waals surface area contributed by atoms with Gasteiger partial charge in [0.1, 0.15) is 0 Å². The monoisotopic (exact) mass is 211 g/mol. The van der Waals surface area contributed by atoms with Gasteiger partial charge in [0, 0.05) is 11.8 Å². The molecule has 0 saturated heterocycles. The number of aromatic nitrogens is 2. The molecule has 0 aliphatic heterocycles. The molecule has 1 aromatic heterocycles. The van der Waals surface area contributed by atoms with Crippen molar-refractivity contribution in [1.82, 2.24) is 10.2 Å². The Morgan fingerprint density at radius 1 is 1.62 bits per heavy atom. The van der Waals surface area contributed by atoms with E-state index in [1.54, 1.807) is 11.6 Å². The van der Waals surface area contributed by atoms with E-state index in [2.05, 4.69) is 10.2 Å².